The lowest BCUT2D eigenvalue weighted by Gasteiger charge is -2.42. The van der Waals surface area contributed by atoms with Crippen LogP contribution in [0.25, 0.3) is 0 Å². The molecule has 3 rings (SSSR count). The molecule has 3 heterocycles. The van der Waals surface area contributed by atoms with E-state index in [0.29, 0.717) is 12.5 Å². The van der Waals surface area contributed by atoms with Crippen molar-refractivity contribution in [1.82, 2.24) is 14.8 Å². The molecule has 2 aliphatic heterocycles. The molecule has 4 nitrogen and oxygen atoms in total. The van der Waals surface area contributed by atoms with Crippen molar-refractivity contribution in [2.75, 3.05) is 32.8 Å². The maximum atomic E-state index is 9.40. The predicted molar refractivity (Wildman–Crippen MR) is 91.3 cm³/mol. The van der Waals surface area contributed by atoms with E-state index in [1.807, 2.05) is 11.3 Å². The van der Waals surface area contributed by atoms with Crippen molar-refractivity contribution in [3.63, 3.8) is 0 Å². The van der Waals surface area contributed by atoms with Crippen LogP contribution < -0.4 is 0 Å². The van der Waals surface area contributed by atoms with E-state index in [0.717, 1.165) is 19.1 Å². The molecule has 2 aliphatic rings. The number of piperidine rings is 2. The van der Waals surface area contributed by atoms with Gasteiger partial charge in [-0.1, -0.05) is 0 Å². The third-order valence-electron chi connectivity index (χ3n) is 5.25. The summed E-state index contributed by atoms with van der Waals surface area (Å²) in [5.41, 5.74) is 1.21. The average molecular weight is 324 g/mol. The van der Waals surface area contributed by atoms with Crippen LogP contribution in [0, 0.1) is 19.8 Å². The highest BCUT2D eigenvalue weighted by atomic mass is 32.1. The Labute approximate surface area is 138 Å². The van der Waals surface area contributed by atoms with Crippen molar-refractivity contribution in [1.29, 1.82) is 0 Å². The molecule has 0 saturated carbocycles. The van der Waals surface area contributed by atoms with E-state index < -0.39 is 0 Å². The first-order valence-corrected chi connectivity index (χ1v) is 9.47. The quantitative estimate of drug-likeness (QED) is 0.924. The number of rotatable bonds is 4. The van der Waals surface area contributed by atoms with Crippen molar-refractivity contribution in [2.24, 2.45) is 5.92 Å². The summed E-state index contributed by atoms with van der Waals surface area (Å²) >= 11 is 1.85. The van der Waals surface area contributed by atoms with Crippen molar-refractivity contribution in [2.45, 2.75) is 52.1 Å². The highest BCUT2D eigenvalue weighted by Gasteiger charge is 2.28. The van der Waals surface area contributed by atoms with Crippen molar-refractivity contribution >= 4 is 11.3 Å². The highest BCUT2D eigenvalue weighted by molar-refractivity contribution is 7.11. The van der Waals surface area contributed by atoms with Gasteiger partial charge < -0.3 is 5.11 Å². The number of likely N-dealkylation sites (tertiary alicyclic amines) is 2. The standard InChI is InChI=1S/C17H29N3OS/c1-13-17(22-14(2)18-13)11-19-8-5-16(6-9-19)20-7-3-4-15(10-20)12-21/h15-16,21H,3-12H2,1-2H3. The van der Waals surface area contributed by atoms with Crippen molar-refractivity contribution in [3.05, 3.63) is 15.6 Å². The topological polar surface area (TPSA) is 39.6 Å². The van der Waals surface area contributed by atoms with E-state index in [2.05, 4.69) is 28.6 Å². The summed E-state index contributed by atoms with van der Waals surface area (Å²) in [5.74, 6) is 0.509. The van der Waals surface area contributed by atoms with Crippen LogP contribution in [-0.4, -0.2) is 58.7 Å². The molecule has 0 amide bonds. The predicted octanol–water partition coefficient (Wildman–Crippen LogP) is 2.43. The second-order valence-electron chi connectivity index (χ2n) is 6.93. The molecule has 22 heavy (non-hydrogen) atoms. The summed E-state index contributed by atoms with van der Waals surface area (Å²) in [6.07, 6.45) is 5.00. The fourth-order valence-electron chi connectivity index (χ4n) is 3.94. The zero-order valence-electron chi connectivity index (χ0n) is 13.9. The molecule has 0 radical (unpaired) electrons. The molecule has 1 N–H and O–H groups in total. The summed E-state index contributed by atoms with van der Waals surface area (Å²) in [7, 11) is 0. The van der Waals surface area contributed by atoms with Crippen molar-refractivity contribution < 1.29 is 5.11 Å². The minimum atomic E-state index is 0.360. The van der Waals surface area contributed by atoms with Gasteiger partial charge in [-0.3, -0.25) is 9.80 Å². The Morgan fingerprint density at radius 2 is 1.95 bits per heavy atom. The van der Waals surface area contributed by atoms with Crippen LogP contribution in [0.4, 0.5) is 0 Å². The molecule has 1 unspecified atom stereocenters. The Morgan fingerprint density at radius 1 is 1.18 bits per heavy atom. The van der Waals surface area contributed by atoms with Gasteiger partial charge in [0.25, 0.3) is 0 Å². The normalized spacial score (nSPS) is 25.7. The van der Waals surface area contributed by atoms with Gasteiger partial charge in [-0.05, 0) is 52.0 Å². The van der Waals surface area contributed by atoms with Gasteiger partial charge in [0.05, 0.1) is 10.7 Å². The van der Waals surface area contributed by atoms with E-state index in [4.69, 9.17) is 0 Å². The van der Waals surface area contributed by atoms with Gasteiger partial charge >= 0.3 is 0 Å². The van der Waals surface area contributed by atoms with Crippen LogP contribution in [0.5, 0.6) is 0 Å². The minimum Gasteiger partial charge on any atom is -0.396 e. The summed E-state index contributed by atoms with van der Waals surface area (Å²) in [4.78, 5) is 11.2. The van der Waals surface area contributed by atoms with Crippen LogP contribution in [-0.2, 0) is 6.54 Å². The van der Waals surface area contributed by atoms with Gasteiger partial charge in [0, 0.05) is 43.7 Å². The number of aliphatic hydroxyl groups excluding tert-OH is 1. The molecule has 0 bridgehead atoms. The number of aliphatic hydroxyl groups is 1. The average Bonchev–Trinajstić information content (AvgIpc) is 2.86. The molecule has 0 spiro atoms. The van der Waals surface area contributed by atoms with Gasteiger partial charge in [-0.2, -0.15) is 0 Å². The van der Waals surface area contributed by atoms with E-state index in [1.165, 1.54) is 60.9 Å². The molecular formula is C17H29N3OS. The zero-order valence-corrected chi connectivity index (χ0v) is 14.7. The van der Waals surface area contributed by atoms with E-state index in [1.54, 1.807) is 0 Å². The first kappa shape index (κ1) is 16.4. The minimum absolute atomic E-state index is 0.360. The summed E-state index contributed by atoms with van der Waals surface area (Å²) in [6.45, 7) is 10.4. The van der Waals surface area contributed by atoms with E-state index >= 15 is 0 Å². The van der Waals surface area contributed by atoms with Crippen LogP contribution in [0.2, 0.25) is 0 Å². The SMILES string of the molecule is Cc1nc(C)c(CN2CCC(N3CCCC(CO)C3)CC2)s1. The van der Waals surface area contributed by atoms with Gasteiger partial charge in [0.15, 0.2) is 0 Å². The number of nitrogens with zero attached hydrogens (tertiary/aromatic N) is 3. The van der Waals surface area contributed by atoms with Gasteiger partial charge in [0.2, 0.25) is 0 Å². The maximum absolute atomic E-state index is 9.40. The van der Waals surface area contributed by atoms with E-state index in [-0.39, 0.29) is 0 Å². The number of aromatic nitrogens is 1. The van der Waals surface area contributed by atoms with Gasteiger partial charge in [0.1, 0.15) is 0 Å². The third kappa shape index (κ3) is 3.88. The summed E-state index contributed by atoms with van der Waals surface area (Å²) in [5, 5.41) is 10.6. The lowest BCUT2D eigenvalue weighted by Crippen LogP contribution is -2.48. The summed E-state index contributed by atoms with van der Waals surface area (Å²) in [6, 6.07) is 0.731. The Morgan fingerprint density at radius 3 is 2.59 bits per heavy atom. The number of aryl methyl sites for hydroxylation is 2. The third-order valence-corrected chi connectivity index (χ3v) is 6.31. The Bertz CT molecular complexity index is 482. The Kier molecular flexibility index (Phi) is 5.50. The molecule has 124 valence electrons. The number of thiazole rings is 1. The molecule has 2 fully saturated rings. The van der Waals surface area contributed by atoms with E-state index in [9.17, 15) is 5.11 Å². The van der Waals surface area contributed by atoms with Crippen LogP contribution in [0.3, 0.4) is 0 Å². The Balaban J connectivity index is 1.49. The second kappa shape index (κ2) is 7.39. The lowest BCUT2D eigenvalue weighted by atomic mass is 9.94. The summed E-state index contributed by atoms with van der Waals surface area (Å²) < 4.78 is 0. The highest BCUT2D eigenvalue weighted by Crippen LogP contribution is 2.26. The molecule has 1 aromatic rings. The Hall–Kier alpha value is -0.490. The molecular weight excluding hydrogens is 294 g/mol. The van der Waals surface area contributed by atoms with Crippen LogP contribution in [0.1, 0.15) is 41.3 Å². The molecule has 5 heteroatoms. The molecule has 1 atom stereocenters. The number of hydrogen-bond acceptors (Lipinski definition) is 5. The maximum Gasteiger partial charge on any atom is 0.0900 e. The van der Waals surface area contributed by atoms with Gasteiger partial charge in [-0.15, -0.1) is 11.3 Å². The molecule has 1 aromatic heterocycles. The molecule has 0 aromatic carbocycles. The van der Waals surface area contributed by atoms with Gasteiger partial charge in [-0.25, -0.2) is 4.98 Å². The van der Waals surface area contributed by atoms with Crippen LogP contribution >= 0.6 is 11.3 Å². The first-order chi connectivity index (χ1) is 10.7. The van der Waals surface area contributed by atoms with Crippen molar-refractivity contribution in [3.8, 4) is 0 Å². The lowest BCUT2D eigenvalue weighted by molar-refractivity contribution is 0.0528. The fourth-order valence-corrected chi connectivity index (χ4v) is 4.92. The largest absolute Gasteiger partial charge is 0.396 e. The zero-order chi connectivity index (χ0) is 15.5. The fraction of sp³-hybridized carbons (Fsp3) is 0.824. The second-order valence-corrected chi connectivity index (χ2v) is 8.22. The van der Waals surface area contributed by atoms with Crippen LogP contribution in [0.15, 0.2) is 0 Å². The number of hydrogen-bond donors (Lipinski definition) is 1. The monoisotopic (exact) mass is 323 g/mol. The first-order valence-electron chi connectivity index (χ1n) is 8.66. The smallest absolute Gasteiger partial charge is 0.0900 e. The molecule has 0 aliphatic carbocycles. The molecule has 2 saturated heterocycles.